The first kappa shape index (κ1) is 26.6. The number of nitrogens with one attached hydrogen (secondary N) is 2. The van der Waals surface area contributed by atoms with E-state index in [1.54, 1.807) is 13.8 Å². The summed E-state index contributed by atoms with van der Waals surface area (Å²) in [5.74, 6) is -2.61. The average Bonchev–Trinajstić information content (AvgIpc) is 3.01. The van der Waals surface area contributed by atoms with Crippen molar-refractivity contribution in [2.45, 2.75) is 52.6 Å². The number of carbonyl (C=O) groups excluding carboxylic acids is 3. The van der Waals surface area contributed by atoms with E-state index in [-0.39, 0.29) is 17.2 Å². The lowest BCUT2D eigenvalue weighted by Gasteiger charge is -2.25. The Morgan fingerprint density at radius 3 is 2.24 bits per heavy atom. The molecule has 180 valence electrons. The fourth-order valence-corrected chi connectivity index (χ4v) is 4.29. The molecule has 2 atom stereocenters. The predicted molar refractivity (Wildman–Crippen MR) is 131 cm³/mol. The van der Waals surface area contributed by atoms with Crippen molar-refractivity contribution in [2.75, 3.05) is 5.33 Å². The van der Waals surface area contributed by atoms with Gasteiger partial charge in [0.25, 0.3) is 5.91 Å². The van der Waals surface area contributed by atoms with Gasteiger partial charge in [0, 0.05) is 18.0 Å². The first-order chi connectivity index (χ1) is 15.5. The second-order valence-electron chi connectivity index (χ2n) is 8.96. The molecule has 9 heteroatoms. The van der Waals surface area contributed by atoms with E-state index < -0.39 is 36.2 Å². The van der Waals surface area contributed by atoms with E-state index in [0.29, 0.717) is 18.0 Å². The molecular weight excluding hydrogens is 490 g/mol. The van der Waals surface area contributed by atoms with E-state index >= 15 is 0 Å². The van der Waals surface area contributed by atoms with Crippen LogP contribution in [0.5, 0.6) is 0 Å². The van der Waals surface area contributed by atoms with Crippen molar-refractivity contribution in [3.8, 4) is 0 Å². The zero-order chi connectivity index (χ0) is 24.9. The normalized spacial score (nSPS) is 13.2. The van der Waals surface area contributed by atoms with Crippen molar-refractivity contribution in [1.29, 1.82) is 0 Å². The van der Waals surface area contributed by atoms with Crippen molar-refractivity contribution in [2.24, 2.45) is 18.9 Å². The number of rotatable bonds is 11. The van der Waals surface area contributed by atoms with E-state index in [1.165, 1.54) is 0 Å². The van der Waals surface area contributed by atoms with E-state index in [2.05, 4.69) is 40.4 Å². The van der Waals surface area contributed by atoms with Gasteiger partial charge in [-0.25, -0.2) is 0 Å². The van der Waals surface area contributed by atoms with Crippen LogP contribution in [0.15, 0.2) is 24.3 Å². The topological polar surface area (TPSA) is 118 Å². The zero-order valence-electron chi connectivity index (χ0n) is 19.6. The molecular formula is C24H32BrN3O5. The number of ketones is 1. The summed E-state index contributed by atoms with van der Waals surface area (Å²) in [5.41, 5.74) is 2.33. The van der Waals surface area contributed by atoms with E-state index in [1.807, 2.05) is 35.9 Å². The average molecular weight is 522 g/mol. The van der Waals surface area contributed by atoms with Crippen LogP contribution in [0.1, 0.15) is 50.2 Å². The maximum absolute atomic E-state index is 13.4. The minimum atomic E-state index is -1.20. The maximum atomic E-state index is 13.4. The molecule has 0 aliphatic heterocycles. The van der Waals surface area contributed by atoms with E-state index in [9.17, 15) is 19.2 Å². The van der Waals surface area contributed by atoms with Crippen LogP contribution in [0.2, 0.25) is 0 Å². The summed E-state index contributed by atoms with van der Waals surface area (Å²) in [6.07, 6.45) is 0.166. The van der Waals surface area contributed by atoms with Crippen LogP contribution in [-0.2, 0) is 27.9 Å². The number of aryl methyl sites for hydroxylation is 1. The molecule has 3 N–H and O–H groups in total. The number of nitrogens with zero attached hydrogens (tertiary/aromatic N) is 1. The Bertz CT molecular complexity index is 1040. The number of hydrogen-bond acceptors (Lipinski definition) is 4. The Balaban J connectivity index is 2.36. The lowest BCUT2D eigenvalue weighted by Crippen LogP contribution is -2.54. The third-order valence-electron chi connectivity index (χ3n) is 5.49. The fourth-order valence-electron chi connectivity index (χ4n) is 3.90. The Hall–Kier alpha value is -2.68. The van der Waals surface area contributed by atoms with Crippen molar-refractivity contribution in [3.05, 3.63) is 35.5 Å². The van der Waals surface area contributed by atoms with Gasteiger partial charge in [-0.05, 0) is 29.9 Å². The third kappa shape index (κ3) is 6.43. The SMILES string of the molecule is CC(C)Cc1c(C(=O)N[C@H](C(=O)NC(CC(=O)O)C(=O)CBr)C(C)C)n(C)c2ccccc12. The lowest BCUT2D eigenvalue weighted by atomic mass is 9.98. The van der Waals surface area contributed by atoms with Gasteiger partial charge in [0.15, 0.2) is 5.78 Å². The first-order valence-electron chi connectivity index (χ1n) is 11.0. The molecule has 1 aromatic carbocycles. The highest BCUT2D eigenvalue weighted by Gasteiger charge is 2.31. The van der Waals surface area contributed by atoms with Gasteiger partial charge in [-0.2, -0.15) is 0 Å². The Labute approximate surface area is 202 Å². The second-order valence-corrected chi connectivity index (χ2v) is 9.52. The van der Waals surface area contributed by atoms with Crippen LogP contribution in [0, 0.1) is 11.8 Å². The second kappa shape index (κ2) is 11.4. The van der Waals surface area contributed by atoms with Crippen molar-refractivity contribution < 1.29 is 24.3 Å². The number of halogens is 1. The number of hydrogen-bond donors (Lipinski definition) is 3. The van der Waals surface area contributed by atoms with Crippen molar-refractivity contribution in [1.82, 2.24) is 15.2 Å². The highest BCUT2D eigenvalue weighted by atomic mass is 79.9. The molecule has 8 nitrogen and oxygen atoms in total. The van der Waals surface area contributed by atoms with Crippen LogP contribution in [0.3, 0.4) is 0 Å². The molecule has 0 saturated heterocycles. The number of para-hydroxylation sites is 1. The standard InChI is InChI=1S/C24H32BrN3O5/c1-13(2)10-16-15-8-6-7-9-18(15)28(5)22(16)24(33)27-21(14(3)4)23(32)26-17(11-20(30)31)19(29)12-25/h6-9,13-14,17,21H,10-12H2,1-5H3,(H,26,32)(H,27,33)(H,30,31)/t17?,21-/m0/s1. The predicted octanol–water partition coefficient (Wildman–Crippen LogP) is 3.05. The van der Waals surface area contributed by atoms with Crippen LogP contribution in [0.4, 0.5) is 0 Å². The summed E-state index contributed by atoms with van der Waals surface area (Å²) in [7, 11) is 1.82. The quantitative estimate of drug-likeness (QED) is 0.392. The monoisotopic (exact) mass is 521 g/mol. The van der Waals surface area contributed by atoms with Gasteiger partial charge in [-0.3, -0.25) is 19.2 Å². The number of carbonyl (C=O) groups is 4. The van der Waals surface area contributed by atoms with E-state index in [0.717, 1.165) is 16.5 Å². The summed E-state index contributed by atoms with van der Waals surface area (Å²) < 4.78 is 1.83. The molecule has 1 aromatic heterocycles. The maximum Gasteiger partial charge on any atom is 0.305 e. The largest absolute Gasteiger partial charge is 0.481 e. The van der Waals surface area contributed by atoms with Gasteiger partial charge >= 0.3 is 5.97 Å². The Kier molecular flexibility index (Phi) is 9.22. The third-order valence-corrected chi connectivity index (χ3v) is 6.04. The van der Waals surface area contributed by atoms with Crippen LogP contribution >= 0.6 is 15.9 Å². The highest BCUT2D eigenvalue weighted by molar-refractivity contribution is 9.09. The molecule has 2 aromatic rings. The number of fused-ring (bicyclic) bond motifs is 1. The number of Topliss-reactive ketones (excluding diaryl/α,β-unsaturated/α-hetero) is 1. The molecule has 33 heavy (non-hydrogen) atoms. The molecule has 0 spiro atoms. The Morgan fingerprint density at radius 1 is 1.06 bits per heavy atom. The van der Waals surface area contributed by atoms with Gasteiger partial charge < -0.3 is 20.3 Å². The molecule has 2 amide bonds. The Morgan fingerprint density at radius 2 is 1.70 bits per heavy atom. The highest BCUT2D eigenvalue weighted by Crippen LogP contribution is 2.28. The molecule has 1 heterocycles. The molecule has 0 saturated carbocycles. The summed E-state index contributed by atoms with van der Waals surface area (Å²) in [6, 6.07) is 5.66. The van der Waals surface area contributed by atoms with E-state index in [4.69, 9.17) is 5.11 Å². The molecule has 0 radical (unpaired) electrons. The van der Waals surface area contributed by atoms with Gasteiger partial charge in [0.2, 0.25) is 5.91 Å². The molecule has 1 unspecified atom stereocenters. The number of carboxylic acids is 1. The first-order valence-corrected chi connectivity index (χ1v) is 12.1. The number of alkyl halides is 1. The van der Waals surface area contributed by atoms with Crippen molar-refractivity contribution >= 4 is 50.4 Å². The summed E-state index contributed by atoms with van der Waals surface area (Å²) in [6.45, 7) is 7.72. The molecule has 0 bridgehead atoms. The van der Waals surface area contributed by atoms with Gasteiger partial charge in [0.05, 0.1) is 17.8 Å². The van der Waals surface area contributed by atoms with Crippen LogP contribution in [-0.4, -0.2) is 50.7 Å². The summed E-state index contributed by atoms with van der Waals surface area (Å²) >= 11 is 3.02. The van der Waals surface area contributed by atoms with Gasteiger partial charge in [-0.1, -0.05) is 61.8 Å². The van der Waals surface area contributed by atoms with Crippen LogP contribution < -0.4 is 10.6 Å². The van der Waals surface area contributed by atoms with Crippen LogP contribution in [0.25, 0.3) is 10.9 Å². The molecule has 0 fully saturated rings. The van der Waals surface area contributed by atoms with Crippen molar-refractivity contribution in [3.63, 3.8) is 0 Å². The summed E-state index contributed by atoms with van der Waals surface area (Å²) in [5, 5.41) is 15.3. The van der Waals surface area contributed by atoms with Gasteiger partial charge in [-0.15, -0.1) is 0 Å². The minimum absolute atomic E-state index is 0.0849. The molecule has 2 rings (SSSR count). The number of benzene rings is 1. The molecule has 0 aliphatic carbocycles. The lowest BCUT2D eigenvalue weighted by molar-refractivity contribution is -0.140. The molecule has 0 aliphatic rings. The number of aromatic nitrogens is 1. The summed E-state index contributed by atoms with van der Waals surface area (Å²) in [4.78, 5) is 49.7. The number of aliphatic carboxylic acids is 1. The fraction of sp³-hybridized carbons (Fsp3) is 0.500. The number of amides is 2. The van der Waals surface area contributed by atoms with Gasteiger partial charge in [0.1, 0.15) is 11.7 Å². The minimum Gasteiger partial charge on any atom is -0.481 e. The zero-order valence-corrected chi connectivity index (χ0v) is 21.2. The smallest absolute Gasteiger partial charge is 0.305 e. The number of carboxylic acid groups (broad SMARTS) is 1.